The Labute approximate surface area is 565 Å². The number of rotatable bonds is 45. The minimum absolute atomic E-state index is 0.0400. The molecule has 1 fully saturated rings. The minimum Gasteiger partial charge on any atom is -0.480 e. The molecule has 0 spiro atoms. The van der Waals surface area contributed by atoms with E-state index in [0.29, 0.717) is 43.4 Å². The molecule has 1 heterocycles. The number of hydrogen-bond acceptors (Lipinski definition) is 20. The molecule has 8 atom stereocenters. The lowest BCUT2D eigenvalue weighted by Gasteiger charge is -2.33. The van der Waals surface area contributed by atoms with Gasteiger partial charge in [0.1, 0.15) is 43.4 Å². The van der Waals surface area contributed by atoms with Gasteiger partial charge in [-0.25, -0.2) is 4.79 Å². The summed E-state index contributed by atoms with van der Waals surface area (Å²) in [6, 6.07) is -0.932. The number of nitrogens with zero attached hydrogens (tertiary/aromatic N) is 4. The van der Waals surface area contributed by atoms with Crippen molar-refractivity contribution in [3.8, 4) is 0 Å². The molecule has 2 rings (SSSR count). The van der Waals surface area contributed by atoms with Crippen molar-refractivity contribution >= 4 is 94.2 Å². The largest absolute Gasteiger partial charge is 0.480 e. The first kappa shape index (κ1) is 84.2. The molecule has 0 radical (unpaired) electrons. The number of aliphatic imine (C=N–C) groups is 1. The number of thiocarbonyl (C=S) groups is 1. The quantitative estimate of drug-likeness (QED) is 0.0132. The third-order valence-electron chi connectivity index (χ3n) is 14.5. The van der Waals surface area contributed by atoms with E-state index in [1.807, 2.05) is 38.1 Å². The van der Waals surface area contributed by atoms with Crippen LogP contribution in [0.4, 0.5) is 5.69 Å². The number of hydrogen-bond donors (Lipinski definition) is 16. The van der Waals surface area contributed by atoms with Crippen LogP contribution in [0, 0.1) is 17.8 Å². The molecule has 0 aliphatic carbocycles. The summed E-state index contributed by atoms with van der Waals surface area (Å²) >= 11 is 5.44. The second kappa shape index (κ2) is 45.5. The van der Waals surface area contributed by atoms with Crippen molar-refractivity contribution in [1.29, 1.82) is 0 Å². The SMILES string of the molecule is CC(C)C[C@H](NC(=O)COCC(=O)NCCOCCOCCNC(=S)Nc1ccc(CC2CN(CC(=O)O)CCN(CC(=O)O)CCN2CC(=O)O)cc1)C(=O)N[C@@H](C)C(=O)N[C@@H](CCCN=C(N)N)C(=O)N[C@@H](CC(C)C)C(=O)N[C@@H](CC(C)C)C(=O)N[C@H](C(=O)O)[C@@H](C)O. The van der Waals surface area contributed by atoms with E-state index in [2.05, 4.69) is 52.8 Å². The van der Waals surface area contributed by atoms with E-state index < -0.39 is 121 Å². The summed E-state index contributed by atoms with van der Waals surface area (Å²) < 4.78 is 16.4. The molecule has 18 N–H and O–H groups in total. The van der Waals surface area contributed by atoms with Crippen LogP contribution < -0.4 is 59.3 Å². The number of carboxylic acids is 4. The maximum absolute atomic E-state index is 14.0. The molecular weight excluding hydrogens is 1280 g/mol. The van der Waals surface area contributed by atoms with Crippen LogP contribution in [-0.4, -0.2) is 277 Å². The number of benzene rings is 1. The molecular formula is C61H103N15O19S. The standard InChI is InChI=1S/C61H103N15O19S/c1-36(2)26-45(56(88)67-39(7)54(86)70-44(10-9-15-65-60(62)63)55(87)71-46(27-37(3)4)57(89)72-47(28-38(5)6)58(90)73-53(40(8)77)59(91)92)69-49(79)35-95-34-48(78)64-16-22-93-24-25-94-23-17-66-61(96)68-42-13-11-41(12-14-42)29-43-30-75(32-51(82)83)19-18-74(31-50(80)81)20-21-76(43)33-52(84)85/h11-14,36-40,43-47,53,77H,9-10,15-35H2,1-8H3,(H,64,78)(H,67,88)(H,69,79)(H,70,86)(H,71,87)(H,72,89)(H,73,90)(H,80,81)(H,82,83)(H,84,85)(H,91,92)(H4,62,63,65)(H2,66,68,96)/t39-,40+,43?,44-,45-,46-,47-,53-/m0/s1. The maximum Gasteiger partial charge on any atom is 0.328 e. The number of aliphatic hydroxyl groups excluding tert-OH is 1. The predicted octanol–water partition coefficient (Wildman–Crippen LogP) is -3.19. The Bertz CT molecular complexity index is 2710. The summed E-state index contributed by atoms with van der Waals surface area (Å²) in [4.78, 5) is 150. The van der Waals surface area contributed by atoms with Crippen LogP contribution in [0.1, 0.15) is 93.1 Å². The third kappa shape index (κ3) is 36.8. The van der Waals surface area contributed by atoms with Gasteiger partial charge in [0.25, 0.3) is 0 Å². The van der Waals surface area contributed by atoms with E-state index >= 15 is 0 Å². The molecule has 1 aliphatic rings. The fourth-order valence-electron chi connectivity index (χ4n) is 9.87. The number of carbonyl (C=O) groups is 11. The van der Waals surface area contributed by atoms with Crippen LogP contribution in [0.15, 0.2) is 29.3 Å². The van der Waals surface area contributed by atoms with Gasteiger partial charge in [-0.1, -0.05) is 53.7 Å². The van der Waals surface area contributed by atoms with Crippen LogP contribution in [0.5, 0.6) is 0 Å². The van der Waals surface area contributed by atoms with E-state index in [0.717, 1.165) is 5.56 Å². The molecule has 542 valence electrons. The number of aliphatic carboxylic acids is 4. The highest BCUT2D eigenvalue weighted by Gasteiger charge is 2.35. The van der Waals surface area contributed by atoms with Crippen molar-refractivity contribution in [3.05, 3.63) is 29.8 Å². The number of amides is 7. The summed E-state index contributed by atoms with van der Waals surface area (Å²) in [6.07, 6.45) is -0.628. The van der Waals surface area contributed by atoms with E-state index in [9.17, 15) is 78.3 Å². The van der Waals surface area contributed by atoms with Crippen LogP contribution in [0.25, 0.3) is 0 Å². The molecule has 1 aromatic rings. The first-order valence-corrected chi connectivity index (χ1v) is 32.4. The number of carbonyl (C=O) groups excluding carboxylic acids is 7. The van der Waals surface area contributed by atoms with Gasteiger partial charge in [-0.3, -0.25) is 67.6 Å². The van der Waals surface area contributed by atoms with Gasteiger partial charge >= 0.3 is 23.9 Å². The van der Waals surface area contributed by atoms with Crippen LogP contribution in [0.3, 0.4) is 0 Å². The first-order chi connectivity index (χ1) is 45.2. The van der Waals surface area contributed by atoms with Gasteiger partial charge in [0.05, 0.1) is 52.2 Å². The van der Waals surface area contributed by atoms with Gasteiger partial charge in [0.2, 0.25) is 41.4 Å². The molecule has 96 heavy (non-hydrogen) atoms. The summed E-state index contributed by atoms with van der Waals surface area (Å²) in [7, 11) is 0. The summed E-state index contributed by atoms with van der Waals surface area (Å²) in [5, 5.41) is 72.5. The molecule has 1 aromatic carbocycles. The van der Waals surface area contributed by atoms with Crippen molar-refractivity contribution in [2.75, 3.05) is 117 Å². The van der Waals surface area contributed by atoms with E-state index in [4.69, 9.17) is 37.9 Å². The number of guanidine groups is 1. The average molecular weight is 1380 g/mol. The van der Waals surface area contributed by atoms with E-state index in [1.165, 1.54) is 13.8 Å². The molecule has 0 bridgehead atoms. The predicted molar refractivity (Wildman–Crippen MR) is 356 cm³/mol. The normalized spacial score (nSPS) is 16.1. The number of aliphatic hydroxyl groups is 1. The lowest BCUT2D eigenvalue weighted by Crippen LogP contribution is -2.60. The van der Waals surface area contributed by atoms with Crippen molar-refractivity contribution in [1.82, 2.24) is 57.2 Å². The average Bonchev–Trinajstić information content (AvgIpc) is 1.40. The zero-order chi connectivity index (χ0) is 72.0. The zero-order valence-electron chi connectivity index (χ0n) is 56.2. The molecule has 35 heteroatoms. The Hall–Kier alpha value is -7.93. The number of nitrogens with two attached hydrogens (primary N) is 2. The Kier molecular flexibility index (Phi) is 39.9. The van der Waals surface area contributed by atoms with Gasteiger partial charge in [-0.05, 0) is 100 Å². The van der Waals surface area contributed by atoms with Crippen LogP contribution >= 0.6 is 12.2 Å². The zero-order valence-corrected chi connectivity index (χ0v) is 57.0. The number of carboxylic acid groups (broad SMARTS) is 4. The monoisotopic (exact) mass is 1380 g/mol. The molecule has 1 unspecified atom stereocenters. The fourth-order valence-corrected chi connectivity index (χ4v) is 10.1. The Balaban J connectivity index is 1.84. The second-order valence-corrected chi connectivity index (χ2v) is 25.0. The van der Waals surface area contributed by atoms with Crippen molar-refractivity contribution in [3.63, 3.8) is 0 Å². The number of nitrogens with one attached hydrogen (secondary N) is 9. The molecule has 1 aliphatic heterocycles. The van der Waals surface area contributed by atoms with Gasteiger partial charge < -0.3 is 99.1 Å². The van der Waals surface area contributed by atoms with Crippen LogP contribution in [0.2, 0.25) is 0 Å². The fraction of sp³-hybridized carbons (Fsp3) is 0.689. The molecule has 34 nitrogen and oxygen atoms in total. The maximum atomic E-state index is 14.0. The highest BCUT2D eigenvalue weighted by molar-refractivity contribution is 7.80. The topological polar surface area (TPSA) is 499 Å². The van der Waals surface area contributed by atoms with Crippen LogP contribution in [-0.2, 0) is 73.4 Å². The van der Waals surface area contributed by atoms with Crippen molar-refractivity contribution in [2.45, 2.75) is 142 Å². The molecule has 1 saturated heterocycles. The molecule has 0 saturated carbocycles. The molecule has 7 amide bonds. The van der Waals surface area contributed by atoms with Gasteiger partial charge in [-0.2, -0.15) is 0 Å². The second-order valence-electron chi connectivity index (χ2n) is 24.6. The van der Waals surface area contributed by atoms with Crippen molar-refractivity contribution in [2.24, 2.45) is 34.2 Å². The van der Waals surface area contributed by atoms with Gasteiger partial charge in [0.15, 0.2) is 17.1 Å². The summed E-state index contributed by atoms with van der Waals surface area (Å²) in [6.45, 7) is 14.2. The lowest BCUT2D eigenvalue weighted by molar-refractivity contribution is -0.145. The van der Waals surface area contributed by atoms with Gasteiger partial charge in [0, 0.05) is 64.1 Å². The van der Waals surface area contributed by atoms with Gasteiger partial charge in [-0.15, -0.1) is 0 Å². The Morgan fingerprint density at radius 3 is 1.58 bits per heavy atom. The highest BCUT2D eigenvalue weighted by atomic mass is 32.1. The highest BCUT2D eigenvalue weighted by Crippen LogP contribution is 2.18. The van der Waals surface area contributed by atoms with E-state index in [-0.39, 0.29) is 134 Å². The minimum atomic E-state index is -1.66. The van der Waals surface area contributed by atoms with E-state index in [1.54, 1.807) is 42.4 Å². The summed E-state index contributed by atoms with van der Waals surface area (Å²) in [5.74, 6) is -10.6. The Morgan fingerprint density at radius 1 is 0.573 bits per heavy atom. The number of ether oxygens (including phenoxy) is 3. The number of anilines is 1. The van der Waals surface area contributed by atoms with Crippen molar-refractivity contribution < 1.29 is 92.5 Å². The first-order valence-electron chi connectivity index (χ1n) is 32.0. The smallest absolute Gasteiger partial charge is 0.328 e. The molecule has 0 aromatic heterocycles. The Morgan fingerprint density at radius 2 is 1.05 bits per heavy atom. The third-order valence-corrected chi connectivity index (χ3v) is 14.8. The lowest BCUT2D eigenvalue weighted by atomic mass is 9.99. The summed E-state index contributed by atoms with van der Waals surface area (Å²) in [5.41, 5.74) is 12.5.